The zero-order valence-electron chi connectivity index (χ0n) is 9.26. The number of nitrogens with zero attached hydrogens (tertiary/aromatic N) is 1. The van der Waals surface area contributed by atoms with E-state index < -0.39 is 0 Å². The number of hydrogen-bond acceptors (Lipinski definition) is 3. The van der Waals surface area contributed by atoms with Gasteiger partial charge < -0.3 is 4.42 Å². The standard InChI is InChI=1S/C14H8BrNO2/c15-14-11(6-8-18-14)13(17)10-3-1-5-12-9(10)4-2-7-16-12/h1-8H. The van der Waals surface area contributed by atoms with E-state index in [0.29, 0.717) is 15.8 Å². The van der Waals surface area contributed by atoms with Crippen LogP contribution in [0.3, 0.4) is 0 Å². The molecule has 2 aromatic heterocycles. The van der Waals surface area contributed by atoms with Gasteiger partial charge in [-0.1, -0.05) is 18.2 Å². The Balaban J connectivity index is 2.21. The number of benzene rings is 1. The first-order chi connectivity index (χ1) is 8.77. The molecule has 0 aliphatic heterocycles. The minimum atomic E-state index is -0.0748. The summed E-state index contributed by atoms with van der Waals surface area (Å²) in [4.78, 5) is 16.7. The molecular formula is C14H8BrNO2. The largest absolute Gasteiger partial charge is 0.457 e. The second-order valence-corrected chi connectivity index (χ2v) is 4.53. The number of hydrogen-bond donors (Lipinski definition) is 0. The lowest BCUT2D eigenvalue weighted by atomic mass is 10.0. The Labute approximate surface area is 112 Å². The van der Waals surface area contributed by atoms with E-state index >= 15 is 0 Å². The van der Waals surface area contributed by atoms with Crippen LogP contribution >= 0.6 is 15.9 Å². The van der Waals surface area contributed by atoms with Crippen molar-refractivity contribution in [3.63, 3.8) is 0 Å². The number of carbonyl (C=O) groups is 1. The van der Waals surface area contributed by atoms with E-state index in [2.05, 4.69) is 20.9 Å². The first-order valence-electron chi connectivity index (χ1n) is 5.39. The Morgan fingerprint density at radius 2 is 2.00 bits per heavy atom. The number of carbonyl (C=O) groups excluding carboxylic acids is 1. The third kappa shape index (κ3) is 1.75. The molecule has 0 fully saturated rings. The van der Waals surface area contributed by atoms with Crippen molar-refractivity contribution in [3.8, 4) is 0 Å². The number of rotatable bonds is 2. The Hall–Kier alpha value is -1.94. The fraction of sp³-hybridized carbons (Fsp3) is 0. The van der Waals surface area contributed by atoms with E-state index in [-0.39, 0.29) is 5.78 Å². The molecule has 3 nitrogen and oxygen atoms in total. The molecule has 88 valence electrons. The number of furan rings is 1. The van der Waals surface area contributed by atoms with E-state index in [1.165, 1.54) is 6.26 Å². The predicted molar refractivity (Wildman–Crippen MR) is 71.6 cm³/mol. The van der Waals surface area contributed by atoms with Gasteiger partial charge in [0.1, 0.15) is 0 Å². The zero-order valence-corrected chi connectivity index (χ0v) is 10.8. The van der Waals surface area contributed by atoms with Crippen molar-refractivity contribution in [2.45, 2.75) is 0 Å². The highest BCUT2D eigenvalue weighted by molar-refractivity contribution is 9.10. The maximum Gasteiger partial charge on any atom is 0.198 e. The molecule has 18 heavy (non-hydrogen) atoms. The highest BCUT2D eigenvalue weighted by Gasteiger charge is 2.17. The molecule has 4 heteroatoms. The molecule has 0 radical (unpaired) electrons. The van der Waals surface area contributed by atoms with Gasteiger partial charge in [0.25, 0.3) is 0 Å². The van der Waals surface area contributed by atoms with Gasteiger partial charge in [-0.3, -0.25) is 9.78 Å². The van der Waals surface area contributed by atoms with Crippen molar-refractivity contribution in [1.29, 1.82) is 0 Å². The molecule has 0 aliphatic carbocycles. The van der Waals surface area contributed by atoms with Crippen LogP contribution in [0.2, 0.25) is 0 Å². The van der Waals surface area contributed by atoms with Crippen LogP contribution < -0.4 is 0 Å². The summed E-state index contributed by atoms with van der Waals surface area (Å²) in [6, 6.07) is 10.9. The van der Waals surface area contributed by atoms with Crippen molar-refractivity contribution in [3.05, 3.63) is 64.7 Å². The molecule has 0 N–H and O–H groups in total. The summed E-state index contributed by atoms with van der Waals surface area (Å²) in [5.41, 5.74) is 1.96. The summed E-state index contributed by atoms with van der Waals surface area (Å²) in [6.45, 7) is 0. The first kappa shape index (κ1) is 11.2. The smallest absolute Gasteiger partial charge is 0.198 e. The number of fused-ring (bicyclic) bond motifs is 1. The molecular weight excluding hydrogens is 294 g/mol. The monoisotopic (exact) mass is 301 g/mol. The van der Waals surface area contributed by atoms with Crippen LogP contribution in [0.15, 0.2) is 57.9 Å². The molecule has 0 saturated heterocycles. The topological polar surface area (TPSA) is 43.1 Å². The third-order valence-corrected chi connectivity index (χ3v) is 3.37. The predicted octanol–water partition coefficient (Wildman–Crippen LogP) is 3.82. The van der Waals surface area contributed by atoms with E-state index in [4.69, 9.17) is 4.42 Å². The molecule has 1 aromatic carbocycles. The van der Waals surface area contributed by atoms with Gasteiger partial charge in [-0.15, -0.1) is 0 Å². The summed E-state index contributed by atoms with van der Waals surface area (Å²) < 4.78 is 5.55. The van der Waals surface area contributed by atoms with Crippen molar-refractivity contribution in [2.24, 2.45) is 0 Å². The van der Waals surface area contributed by atoms with Gasteiger partial charge in [0.15, 0.2) is 10.5 Å². The minimum Gasteiger partial charge on any atom is -0.457 e. The van der Waals surface area contributed by atoms with Crippen LogP contribution in [0.1, 0.15) is 15.9 Å². The van der Waals surface area contributed by atoms with Gasteiger partial charge in [-0.05, 0) is 34.1 Å². The van der Waals surface area contributed by atoms with Crippen LogP contribution in [0.4, 0.5) is 0 Å². The van der Waals surface area contributed by atoms with Gasteiger partial charge in [-0.25, -0.2) is 0 Å². The van der Waals surface area contributed by atoms with Crippen LogP contribution in [-0.2, 0) is 0 Å². The van der Waals surface area contributed by atoms with Crippen LogP contribution in [0.5, 0.6) is 0 Å². The molecule has 0 bridgehead atoms. The number of halogens is 1. The number of aromatic nitrogens is 1. The molecule has 2 heterocycles. The number of pyridine rings is 1. The fourth-order valence-electron chi connectivity index (χ4n) is 1.90. The average Bonchev–Trinajstić information content (AvgIpc) is 2.83. The highest BCUT2D eigenvalue weighted by Crippen LogP contribution is 2.24. The lowest BCUT2D eigenvalue weighted by Crippen LogP contribution is -2.01. The van der Waals surface area contributed by atoms with E-state index in [0.717, 1.165) is 10.9 Å². The van der Waals surface area contributed by atoms with E-state index in [9.17, 15) is 4.79 Å². The Morgan fingerprint density at radius 1 is 1.11 bits per heavy atom. The fourth-order valence-corrected chi connectivity index (χ4v) is 2.32. The van der Waals surface area contributed by atoms with Gasteiger partial charge in [0.05, 0.1) is 17.3 Å². The highest BCUT2D eigenvalue weighted by atomic mass is 79.9. The van der Waals surface area contributed by atoms with Crippen LogP contribution in [-0.4, -0.2) is 10.8 Å². The summed E-state index contributed by atoms with van der Waals surface area (Å²) in [5, 5.41) is 0.845. The van der Waals surface area contributed by atoms with Crippen molar-refractivity contribution < 1.29 is 9.21 Å². The lowest BCUT2D eigenvalue weighted by Gasteiger charge is -2.03. The summed E-state index contributed by atoms with van der Waals surface area (Å²) in [5.74, 6) is -0.0748. The van der Waals surface area contributed by atoms with Gasteiger partial charge in [0.2, 0.25) is 0 Å². The SMILES string of the molecule is O=C(c1ccoc1Br)c1cccc2ncccc12. The molecule has 3 rings (SSSR count). The Bertz CT molecular complexity index is 728. The molecule has 0 saturated carbocycles. The Kier molecular flexibility index (Phi) is 2.72. The normalized spacial score (nSPS) is 10.7. The minimum absolute atomic E-state index is 0.0748. The van der Waals surface area contributed by atoms with Crippen LogP contribution in [0, 0.1) is 0 Å². The second-order valence-electron chi connectivity index (χ2n) is 3.81. The van der Waals surface area contributed by atoms with E-state index in [1.807, 2.05) is 24.3 Å². The quantitative estimate of drug-likeness (QED) is 0.676. The summed E-state index contributed by atoms with van der Waals surface area (Å²) in [6.07, 6.45) is 3.20. The van der Waals surface area contributed by atoms with Gasteiger partial charge in [0, 0.05) is 17.1 Å². The molecule has 0 aliphatic rings. The summed E-state index contributed by atoms with van der Waals surface area (Å²) >= 11 is 3.23. The van der Waals surface area contributed by atoms with E-state index in [1.54, 1.807) is 18.3 Å². The lowest BCUT2D eigenvalue weighted by molar-refractivity contribution is 0.103. The van der Waals surface area contributed by atoms with Gasteiger partial charge >= 0.3 is 0 Å². The molecule has 0 atom stereocenters. The number of ketones is 1. The van der Waals surface area contributed by atoms with Crippen molar-refractivity contribution in [2.75, 3.05) is 0 Å². The maximum atomic E-state index is 12.4. The zero-order chi connectivity index (χ0) is 12.5. The molecule has 0 unspecified atom stereocenters. The molecule has 0 spiro atoms. The summed E-state index contributed by atoms with van der Waals surface area (Å²) in [7, 11) is 0. The maximum absolute atomic E-state index is 12.4. The van der Waals surface area contributed by atoms with Gasteiger partial charge in [-0.2, -0.15) is 0 Å². The van der Waals surface area contributed by atoms with Crippen LogP contribution in [0.25, 0.3) is 10.9 Å². The molecule has 3 aromatic rings. The van der Waals surface area contributed by atoms with Crippen molar-refractivity contribution >= 4 is 32.6 Å². The first-order valence-corrected chi connectivity index (χ1v) is 6.18. The Morgan fingerprint density at radius 3 is 2.78 bits per heavy atom. The second kappa shape index (κ2) is 4.38. The average molecular weight is 302 g/mol. The third-order valence-electron chi connectivity index (χ3n) is 2.75. The van der Waals surface area contributed by atoms with Crippen molar-refractivity contribution in [1.82, 2.24) is 4.98 Å². The molecule has 0 amide bonds.